The van der Waals surface area contributed by atoms with E-state index in [0.717, 1.165) is 12.5 Å². The van der Waals surface area contributed by atoms with E-state index in [1.165, 1.54) is 18.4 Å². The fraction of sp³-hybridized carbons (Fsp3) is 0.615. The summed E-state index contributed by atoms with van der Waals surface area (Å²) in [5.41, 5.74) is 1.35. The maximum absolute atomic E-state index is 4.06. The van der Waals surface area contributed by atoms with Crippen LogP contribution in [0.4, 0.5) is 0 Å². The molecule has 15 heavy (non-hydrogen) atoms. The number of rotatable bonds is 6. The van der Waals surface area contributed by atoms with Gasteiger partial charge in [-0.25, -0.2) is 0 Å². The molecule has 1 aromatic rings. The van der Waals surface area contributed by atoms with E-state index in [-0.39, 0.29) is 0 Å². The normalized spacial score (nSPS) is 14.9. The Morgan fingerprint density at radius 2 is 1.93 bits per heavy atom. The van der Waals surface area contributed by atoms with E-state index in [0.29, 0.717) is 6.04 Å². The van der Waals surface area contributed by atoms with Crippen molar-refractivity contribution in [3.63, 3.8) is 0 Å². The van der Waals surface area contributed by atoms with E-state index in [2.05, 4.69) is 43.2 Å². The van der Waals surface area contributed by atoms with Gasteiger partial charge in [0, 0.05) is 18.4 Å². The van der Waals surface area contributed by atoms with E-state index in [1.807, 2.05) is 12.4 Å². The highest BCUT2D eigenvalue weighted by Gasteiger charge is 2.12. The van der Waals surface area contributed by atoms with Gasteiger partial charge in [-0.1, -0.05) is 27.2 Å². The lowest BCUT2D eigenvalue weighted by Crippen LogP contribution is -2.22. The van der Waals surface area contributed by atoms with Gasteiger partial charge >= 0.3 is 0 Å². The van der Waals surface area contributed by atoms with Crippen LogP contribution in [-0.2, 0) is 0 Å². The van der Waals surface area contributed by atoms with Crippen molar-refractivity contribution < 1.29 is 0 Å². The van der Waals surface area contributed by atoms with E-state index < -0.39 is 0 Å². The first kappa shape index (κ1) is 12.2. The van der Waals surface area contributed by atoms with Gasteiger partial charge in [0.2, 0.25) is 0 Å². The van der Waals surface area contributed by atoms with Gasteiger partial charge in [-0.3, -0.25) is 4.98 Å². The minimum Gasteiger partial charge on any atom is -0.310 e. The molecule has 0 spiro atoms. The molecule has 0 aliphatic rings. The van der Waals surface area contributed by atoms with Crippen LogP contribution < -0.4 is 5.32 Å². The molecule has 0 aliphatic heterocycles. The Balaban J connectivity index is 2.65. The van der Waals surface area contributed by atoms with E-state index >= 15 is 0 Å². The molecule has 0 fully saturated rings. The second-order valence-electron chi connectivity index (χ2n) is 4.14. The van der Waals surface area contributed by atoms with E-state index in [9.17, 15) is 0 Å². The third kappa shape index (κ3) is 4.00. The molecule has 0 saturated heterocycles. The molecule has 0 bridgehead atoms. The SMILES string of the molecule is CCNC(CC(C)CC)c1ccncc1. The minimum atomic E-state index is 0.480. The number of hydrogen-bond donors (Lipinski definition) is 1. The molecule has 1 aromatic heterocycles. The molecule has 1 rings (SSSR count). The number of nitrogens with one attached hydrogen (secondary N) is 1. The average molecular weight is 206 g/mol. The minimum absolute atomic E-state index is 0.480. The van der Waals surface area contributed by atoms with Gasteiger partial charge in [-0.2, -0.15) is 0 Å². The summed E-state index contributed by atoms with van der Waals surface area (Å²) in [4.78, 5) is 4.06. The summed E-state index contributed by atoms with van der Waals surface area (Å²) in [5, 5.41) is 3.54. The average Bonchev–Trinajstić information content (AvgIpc) is 2.29. The Labute approximate surface area is 93.1 Å². The molecule has 0 amide bonds. The monoisotopic (exact) mass is 206 g/mol. The zero-order valence-corrected chi connectivity index (χ0v) is 10.0. The first-order valence-corrected chi connectivity index (χ1v) is 5.91. The van der Waals surface area contributed by atoms with Gasteiger partial charge in [-0.15, -0.1) is 0 Å². The number of pyridine rings is 1. The van der Waals surface area contributed by atoms with Crippen LogP contribution in [0, 0.1) is 5.92 Å². The summed E-state index contributed by atoms with van der Waals surface area (Å²) < 4.78 is 0. The highest BCUT2D eigenvalue weighted by molar-refractivity contribution is 5.14. The zero-order valence-electron chi connectivity index (χ0n) is 10.0. The van der Waals surface area contributed by atoms with Crippen LogP contribution in [0.3, 0.4) is 0 Å². The predicted molar refractivity (Wildman–Crippen MR) is 64.7 cm³/mol. The molecule has 1 N–H and O–H groups in total. The first-order chi connectivity index (χ1) is 7.27. The maximum Gasteiger partial charge on any atom is 0.0323 e. The molecule has 2 nitrogen and oxygen atoms in total. The van der Waals surface area contributed by atoms with Crippen molar-refractivity contribution in [2.24, 2.45) is 5.92 Å². The summed E-state index contributed by atoms with van der Waals surface area (Å²) in [6.07, 6.45) is 6.19. The van der Waals surface area contributed by atoms with Gasteiger partial charge < -0.3 is 5.32 Å². The molecule has 0 radical (unpaired) electrons. The summed E-state index contributed by atoms with van der Waals surface area (Å²) in [6, 6.07) is 4.69. The first-order valence-electron chi connectivity index (χ1n) is 5.91. The fourth-order valence-electron chi connectivity index (χ4n) is 1.75. The molecule has 2 unspecified atom stereocenters. The molecular weight excluding hydrogens is 184 g/mol. The van der Waals surface area contributed by atoms with Gasteiger partial charge in [0.1, 0.15) is 0 Å². The molecule has 84 valence electrons. The lowest BCUT2D eigenvalue weighted by atomic mass is 9.95. The number of hydrogen-bond acceptors (Lipinski definition) is 2. The van der Waals surface area contributed by atoms with Crippen molar-refractivity contribution in [1.29, 1.82) is 0 Å². The summed E-state index contributed by atoms with van der Waals surface area (Å²) in [5.74, 6) is 0.766. The van der Waals surface area contributed by atoms with Crippen LogP contribution >= 0.6 is 0 Å². The van der Waals surface area contributed by atoms with E-state index in [4.69, 9.17) is 0 Å². The van der Waals surface area contributed by atoms with Gasteiger partial charge in [0.05, 0.1) is 0 Å². The molecule has 2 atom stereocenters. The molecule has 1 heterocycles. The Morgan fingerprint density at radius 1 is 1.27 bits per heavy atom. The Morgan fingerprint density at radius 3 is 2.47 bits per heavy atom. The Hall–Kier alpha value is -0.890. The highest BCUT2D eigenvalue weighted by atomic mass is 14.9. The van der Waals surface area contributed by atoms with E-state index in [1.54, 1.807) is 0 Å². The van der Waals surface area contributed by atoms with Crippen LogP contribution in [0.1, 0.15) is 45.2 Å². The van der Waals surface area contributed by atoms with Gasteiger partial charge in [0.15, 0.2) is 0 Å². The van der Waals surface area contributed by atoms with Crippen LogP contribution in [0.2, 0.25) is 0 Å². The van der Waals surface area contributed by atoms with Gasteiger partial charge in [0.25, 0.3) is 0 Å². The van der Waals surface area contributed by atoms with Crippen molar-refractivity contribution in [2.75, 3.05) is 6.54 Å². The summed E-state index contributed by atoms with van der Waals surface area (Å²) in [6.45, 7) is 7.74. The molecule has 0 saturated carbocycles. The standard InChI is InChI=1S/C13H22N2/c1-4-11(3)10-13(15-5-2)12-6-8-14-9-7-12/h6-9,11,13,15H,4-5,10H2,1-3H3. The second kappa shape index (κ2) is 6.57. The number of nitrogens with zero attached hydrogens (tertiary/aromatic N) is 1. The van der Waals surface area contributed by atoms with Gasteiger partial charge in [-0.05, 0) is 36.6 Å². The smallest absolute Gasteiger partial charge is 0.0323 e. The lowest BCUT2D eigenvalue weighted by Gasteiger charge is -2.21. The Kier molecular flexibility index (Phi) is 5.33. The Bertz CT molecular complexity index is 258. The highest BCUT2D eigenvalue weighted by Crippen LogP contribution is 2.22. The fourth-order valence-corrected chi connectivity index (χ4v) is 1.75. The van der Waals surface area contributed by atoms with Crippen LogP contribution in [0.25, 0.3) is 0 Å². The quantitative estimate of drug-likeness (QED) is 0.773. The summed E-state index contributed by atoms with van der Waals surface area (Å²) >= 11 is 0. The zero-order chi connectivity index (χ0) is 11.1. The third-order valence-electron chi connectivity index (χ3n) is 2.89. The molecular formula is C13H22N2. The van der Waals surface area contributed by atoms with Crippen LogP contribution in [0.5, 0.6) is 0 Å². The maximum atomic E-state index is 4.06. The van der Waals surface area contributed by atoms with Crippen molar-refractivity contribution in [1.82, 2.24) is 10.3 Å². The summed E-state index contributed by atoms with van der Waals surface area (Å²) in [7, 11) is 0. The van der Waals surface area contributed by atoms with Crippen molar-refractivity contribution in [2.45, 2.75) is 39.7 Å². The van der Waals surface area contributed by atoms with Crippen LogP contribution in [0.15, 0.2) is 24.5 Å². The third-order valence-corrected chi connectivity index (χ3v) is 2.89. The number of aromatic nitrogens is 1. The topological polar surface area (TPSA) is 24.9 Å². The molecule has 0 aliphatic carbocycles. The van der Waals surface area contributed by atoms with Crippen molar-refractivity contribution in [3.05, 3.63) is 30.1 Å². The molecule has 2 heteroatoms. The van der Waals surface area contributed by atoms with Crippen molar-refractivity contribution in [3.8, 4) is 0 Å². The van der Waals surface area contributed by atoms with Crippen molar-refractivity contribution >= 4 is 0 Å². The lowest BCUT2D eigenvalue weighted by molar-refractivity contribution is 0.408. The second-order valence-corrected chi connectivity index (χ2v) is 4.14. The largest absolute Gasteiger partial charge is 0.310 e. The van der Waals surface area contributed by atoms with Crippen LogP contribution in [-0.4, -0.2) is 11.5 Å². The molecule has 0 aromatic carbocycles. The predicted octanol–water partition coefficient (Wildman–Crippen LogP) is 3.17.